The molecule has 2 aliphatic rings. The molecule has 100 valence electrons. The van der Waals surface area contributed by atoms with Crippen molar-refractivity contribution in [3.05, 3.63) is 11.7 Å². The molecule has 1 aromatic rings. The first-order valence-corrected chi connectivity index (χ1v) is 6.50. The third-order valence-corrected chi connectivity index (χ3v) is 3.79. The fourth-order valence-corrected chi connectivity index (χ4v) is 2.50. The third kappa shape index (κ3) is 2.41. The minimum Gasteiger partial charge on any atom is -0.395 e. The highest BCUT2D eigenvalue weighted by atomic mass is 16.5. The molecule has 1 saturated carbocycles. The van der Waals surface area contributed by atoms with Gasteiger partial charge in [0.2, 0.25) is 5.89 Å². The van der Waals surface area contributed by atoms with Crippen LogP contribution in [0.1, 0.15) is 36.9 Å². The molecule has 1 aliphatic carbocycles. The number of hydrogen-bond acceptors (Lipinski definition) is 6. The molecule has 0 amide bonds. The molecule has 1 saturated heterocycles. The number of hydrogen-bond donors (Lipinski definition) is 1. The molecule has 1 aromatic heterocycles. The predicted octanol–water partition coefficient (Wildman–Crippen LogP) is 0.529. The zero-order valence-electron chi connectivity index (χ0n) is 10.6. The van der Waals surface area contributed by atoms with E-state index in [0.717, 1.165) is 31.7 Å². The molecule has 0 bridgehead atoms. The fourth-order valence-electron chi connectivity index (χ4n) is 2.50. The second-order valence-electron chi connectivity index (χ2n) is 5.18. The number of ether oxygens (including phenoxy) is 1. The van der Waals surface area contributed by atoms with E-state index in [2.05, 4.69) is 15.0 Å². The van der Waals surface area contributed by atoms with Crippen LogP contribution in [0, 0.1) is 0 Å². The molecule has 2 fully saturated rings. The van der Waals surface area contributed by atoms with Crippen LogP contribution in [0.25, 0.3) is 0 Å². The highest BCUT2D eigenvalue weighted by Gasteiger charge is 2.34. The lowest BCUT2D eigenvalue weighted by molar-refractivity contribution is 0.106. The molecular weight excluding hydrogens is 234 g/mol. The lowest BCUT2D eigenvalue weighted by atomic mass is 10.2. The number of aliphatic hydroxyl groups excluding tert-OH is 1. The van der Waals surface area contributed by atoms with Crippen LogP contribution in [-0.2, 0) is 11.3 Å². The number of methoxy groups -OCH3 is 1. The van der Waals surface area contributed by atoms with Crippen molar-refractivity contribution in [2.45, 2.75) is 43.9 Å². The minimum atomic E-state index is 0.137. The molecule has 1 N–H and O–H groups in total. The van der Waals surface area contributed by atoms with E-state index < -0.39 is 0 Å². The molecule has 2 atom stereocenters. The van der Waals surface area contributed by atoms with E-state index in [-0.39, 0.29) is 18.8 Å². The van der Waals surface area contributed by atoms with Gasteiger partial charge in [0.05, 0.1) is 19.3 Å². The van der Waals surface area contributed by atoms with Gasteiger partial charge in [0.15, 0.2) is 5.82 Å². The molecule has 2 heterocycles. The van der Waals surface area contributed by atoms with Gasteiger partial charge in [0, 0.05) is 25.6 Å². The first-order chi connectivity index (χ1) is 8.80. The van der Waals surface area contributed by atoms with Gasteiger partial charge in [-0.2, -0.15) is 4.98 Å². The summed E-state index contributed by atoms with van der Waals surface area (Å²) in [5.41, 5.74) is 0. The molecule has 0 radical (unpaired) electrons. The summed E-state index contributed by atoms with van der Waals surface area (Å²) in [4.78, 5) is 6.58. The number of nitrogens with zero attached hydrogens (tertiary/aromatic N) is 3. The van der Waals surface area contributed by atoms with Crippen LogP contribution in [0.2, 0.25) is 0 Å². The van der Waals surface area contributed by atoms with Gasteiger partial charge in [0.25, 0.3) is 0 Å². The van der Waals surface area contributed by atoms with Crippen molar-refractivity contribution in [2.24, 2.45) is 0 Å². The average Bonchev–Trinajstić information content (AvgIpc) is 3.00. The van der Waals surface area contributed by atoms with Crippen LogP contribution in [0.4, 0.5) is 0 Å². The Kier molecular flexibility index (Phi) is 3.32. The number of likely N-dealkylation sites (tertiary alicyclic amines) is 1. The van der Waals surface area contributed by atoms with Gasteiger partial charge in [-0.1, -0.05) is 5.16 Å². The Bertz CT molecular complexity index is 405. The second-order valence-corrected chi connectivity index (χ2v) is 5.18. The van der Waals surface area contributed by atoms with Crippen molar-refractivity contribution in [3.63, 3.8) is 0 Å². The molecule has 6 nitrogen and oxygen atoms in total. The summed E-state index contributed by atoms with van der Waals surface area (Å²) >= 11 is 0. The summed E-state index contributed by atoms with van der Waals surface area (Å²) < 4.78 is 10.6. The van der Waals surface area contributed by atoms with Gasteiger partial charge < -0.3 is 14.4 Å². The molecule has 0 spiro atoms. The van der Waals surface area contributed by atoms with Crippen molar-refractivity contribution in [1.29, 1.82) is 0 Å². The summed E-state index contributed by atoms with van der Waals surface area (Å²) in [6, 6.07) is 0.137. The topological polar surface area (TPSA) is 71.6 Å². The first-order valence-electron chi connectivity index (χ1n) is 6.50. The van der Waals surface area contributed by atoms with E-state index >= 15 is 0 Å². The van der Waals surface area contributed by atoms with E-state index in [1.54, 1.807) is 7.11 Å². The minimum absolute atomic E-state index is 0.137. The number of aromatic nitrogens is 2. The summed E-state index contributed by atoms with van der Waals surface area (Å²) in [6.07, 6.45) is 3.38. The zero-order valence-corrected chi connectivity index (χ0v) is 10.6. The van der Waals surface area contributed by atoms with Gasteiger partial charge in [-0.15, -0.1) is 0 Å². The first kappa shape index (κ1) is 12.1. The molecule has 6 heteroatoms. The Morgan fingerprint density at radius 3 is 3.00 bits per heavy atom. The summed E-state index contributed by atoms with van der Waals surface area (Å²) in [7, 11) is 1.71. The quantitative estimate of drug-likeness (QED) is 0.825. The van der Waals surface area contributed by atoms with E-state index in [0.29, 0.717) is 18.3 Å². The van der Waals surface area contributed by atoms with Crippen LogP contribution in [0.15, 0.2) is 4.52 Å². The van der Waals surface area contributed by atoms with E-state index in [4.69, 9.17) is 9.26 Å². The molecule has 0 aromatic carbocycles. The van der Waals surface area contributed by atoms with Crippen molar-refractivity contribution in [1.82, 2.24) is 15.0 Å². The summed E-state index contributed by atoms with van der Waals surface area (Å²) in [5, 5.41) is 13.4. The SMILES string of the molecule is CO[C@@H]1C[C@@H](CO)N(Cc2noc(C3CC3)n2)C1. The van der Waals surface area contributed by atoms with Crippen molar-refractivity contribution in [2.75, 3.05) is 20.3 Å². The Hall–Kier alpha value is -0.980. The normalized spacial score (nSPS) is 29.0. The maximum absolute atomic E-state index is 9.37. The van der Waals surface area contributed by atoms with E-state index in [9.17, 15) is 5.11 Å². The van der Waals surface area contributed by atoms with E-state index in [1.807, 2.05) is 0 Å². The zero-order chi connectivity index (χ0) is 12.5. The van der Waals surface area contributed by atoms with Gasteiger partial charge in [0.1, 0.15) is 0 Å². The maximum atomic E-state index is 9.37. The second kappa shape index (κ2) is 4.95. The predicted molar refractivity (Wildman–Crippen MR) is 63.0 cm³/mol. The molecule has 18 heavy (non-hydrogen) atoms. The fraction of sp³-hybridized carbons (Fsp3) is 0.833. The van der Waals surface area contributed by atoms with Crippen LogP contribution < -0.4 is 0 Å². The third-order valence-electron chi connectivity index (χ3n) is 3.79. The number of aliphatic hydroxyl groups is 1. The standard InChI is InChI=1S/C12H19N3O3/c1-17-10-4-9(7-16)15(5-10)6-11-13-12(18-14-11)8-2-3-8/h8-10,16H,2-7H2,1H3/t9-,10+/m0/s1. The van der Waals surface area contributed by atoms with Crippen LogP contribution in [-0.4, -0.2) is 52.6 Å². The highest BCUT2D eigenvalue weighted by Crippen LogP contribution is 2.38. The molecular formula is C12H19N3O3. The molecule has 3 rings (SSSR count). The van der Waals surface area contributed by atoms with Crippen LogP contribution in [0.3, 0.4) is 0 Å². The lowest BCUT2D eigenvalue weighted by Gasteiger charge is -2.19. The Balaban J connectivity index is 1.63. The van der Waals surface area contributed by atoms with E-state index in [1.165, 1.54) is 0 Å². The Morgan fingerprint density at radius 2 is 2.33 bits per heavy atom. The van der Waals surface area contributed by atoms with Gasteiger partial charge >= 0.3 is 0 Å². The lowest BCUT2D eigenvalue weighted by Crippen LogP contribution is -2.32. The van der Waals surface area contributed by atoms with Gasteiger partial charge in [-0.05, 0) is 19.3 Å². The van der Waals surface area contributed by atoms with Gasteiger partial charge in [-0.25, -0.2) is 0 Å². The van der Waals surface area contributed by atoms with Crippen LogP contribution in [0.5, 0.6) is 0 Å². The molecule has 1 aliphatic heterocycles. The van der Waals surface area contributed by atoms with Crippen molar-refractivity contribution >= 4 is 0 Å². The van der Waals surface area contributed by atoms with Crippen molar-refractivity contribution in [3.8, 4) is 0 Å². The highest BCUT2D eigenvalue weighted by molar-refractivity contribution is 5.02. The van der Waals surface area contributed by atoms with Crippen LogP contribution >= 0.6 is 0 Å². The average molecular weight is 253 g/mol. The summed E-state index contributed by atoms with van der Waals surface area (Å²) in [6.45, 7) is 1.59. The molecule has 0 unspecified atom stereocenters. The Morgan fingerprint density at radius 1 is 1.50 bits per heavy atom. The van der Waals surface area contributed by atoms with Crippen molar-refractivity contribution < 1.29 is 14.4 Å². The monoisotopic (exact) mass is 253 g/mol. The maximum Gasteiger partial charge on any atom is 0.229 e. The van der Waals surface area contributed by atoms with Gasteiger partial charge in [-0.3, -0.25) is 4.90 Å². The Labute approximate surface area is 106 Å². The smallest absolute Gasteiger partial charge is 0.229 e. The largest absolute Gasteiger partial charge is 0.395 e. The summed E-state index contributed by atoms with van der Waals surface area (Å²) in [5.74, 6) is 1.98. The number of rotatable bonds is 5.